The largest absolute Gasteiger partial charge is 0.304 e. The van der Waals surface area contributed by atoms with Crippen molar-refractivity contribution in [1.82, 2.24) is 0 Å². The highest BCUT2D eigenvalue weighted by molar-refractivity contribution is 7.94. The van der Waals surface area contributed by atoms with Gasteiger partial charge in [0.05, 0.1) is 12.2 Å². The molecule has 9 heteroatoms. The average Bonchev–Trinajstić information content (AvgIpc) is 3.11. The first-order chi connectivity index (χ1) is 15.3. The number of hydrogen-bond donors (Lipinski definition) is 0. The minimum Gasteiger partial charge on any atom is -0.304 e. The number of carbonyl (C=O) groups is 2. The molecule has 5 rings (SSSR count). The number of rotatable bonds is 3. The molecule has 0 bridgehead atoms. The van der Waals surface area contributed by atoms with Crippen LogP contribution in [0.5, 0.6) is 0 Å². The molecule has 0 aliphatic carbocycles. The molecule has 0 radical (unpaired) electrons. The average molecular weight is 471 g/mol. The molecular weight excluding hydrogens is 455 g/mol. The Morgan fingerprint density at radius 3 is 2.47 bits per heavy atom. The van der Waals surface area contributed by atoms with Crippen molar-refractivity contribution in [2.24, 2.45) is 0 Å². The van der Waals surface area contributed by atoms with Gasteiger partial charge in [-0.2, -0.15) is 0 Å². The highest BCUT2D eigenvalue weighted by Gasteiger charge is 2.69. The number of benzene rings is 3. The van der Waals surface area contributed by atoms with Gasteiger partial charge in [-0.05, 0) is 42.0 Å². The summed E-state index contributed by atoms with van der Waals surface area (Å²) in [7, 11) is -4.30. The van der Waals surface area contributed by atoms with Crippen molar-refractivity contribution in [3.8, 4) is 0 Å². The fourth-order valence-corrected chi connectivity index (χ4v) is 6.73. The quantitative estimate of drug-likeness (QED) is 0.585. The van der Waals surface area contributed by atoms with Gasteiger partial charge >= 0.3 is 0 Å². The lowest BCUT2D eigenvalue weighted by atomic mass is 10.0. The molecule has 2 amide bonds. The summed E-state index contributed by atoms with van der Waals surface area (Å²) < 4.78 is 40.9. The maximum atomic E-state index is 14.0. The van der Waals surface area contributed by atoms with Crippen LogP contribution in [0.25, 0.3) is 0 Å². The summed E-state index contributed by atoms with van der Waals surface area (Å²) >= 11 is 6.08. The van der Waals surface area contributed by atoms with Crippen LogP contribution in [0.1, 0.15) is 11.1 Å². The Bertz CT molecular complexity index is 1390. The molecule has 0 aromatic heterocycles. The molecule has 0 unspecified atom stereocenters. The molecule has 1 fully saturated rings. The predicted molar refractivity (Wildman–Crippen MR) is 118 cm³/mol. The second kappa shape index (κ2) is 7.15. The van der Waals surface area contributed by atoms with E-state index in [0.717, 1.165) is 11.0 Å². The van der Waals surface area contributed by atoms with Crippen LogP contribution >= 0.6 is 11.6 Å². The van der Waals surface area contributed by atoms with Crippen LogP contribution in [0.2, 0.25) is 5.02 Å². The van der Waals surface area contributed by atoms with Gasteiger partial charge in [0, 0.05) is 16.3 Å². The van der Waals surface area contributed by atoms with E-state index in [-0.39, 0.29) is 17.8 Å². The van der Waals surface area contributed by atoms with Gasteiger partial charge < -0.3 is 4.90 Å². The fraction of sp³-hybridized carbons (Fsp3) is 0.130. The third kappa shape index (κ3) is 2.79. The Morgan fingerprint density at radius 1 is 0.969 bits per heavy atom. The molecule has 162 valence electrons. The summed E-state index contributed by atoms with van der Waals surface area (Å²) in [4.78, 5) is 26.9. The summed E-state index contributed by atoms with van der Waals surface area (Å²) in [5.74, 6) is -3.07. The lowest BCUT2D eigenvalue weighted by Crippen LogP contribution is -2.54. The minimum absolute atomic E-state index is 0.00355. The third-order valence-electron chi connectivity index (χ3n) is 5.72. The van der Waals surface area contributed by atoms with Crippen LogP contribution in [0, 0.1) is 5.82 Å². The van der Waals surface area contributed by atoms with E-state index in [1.54, 1.807) is 42.5 Å². The number of sulfone groups is 1. The smallest absolute Gasteiger partial charge is 0.274 e. The zero-order chi connectivity index (χ0) is 22.7. The Labute approximate surface area is 188 Å². The van der Waals surface area contributed by atoms with E-state index >= 15 is 0 Å². The molecule has 0 N–H and O–H groups in total. The van der Waals surface area contributed by atoms with E-state index in [2.05, 4.69) is 0 Å². The zero-order valence-electron chi connectivity index (χ0n) is 16.5. The maximum absolute atomic E-state index is 14.0. The standard InChI is InChI=1S/C23H16ClFN2O4S/c24-16-6-3-5-15(11-16)13-26-20-10-2-1-9-19(20)23(22(26)29)27(21(28)14-32(23,30)31)18-8-4-7-17(25)12-18/h1-12H,13-14H2/t23-/m0/s1. The van der Waals surface area contributed by atoms with Crippen molar-refractivity contribution < 1.29 is 22.4 Å². The lowest BCUT2D eigenvalue weighted by Gasteiger charge is -2.32. The van der Waals surface area contributed by atoms with Crippen molar-refractivity contribution >= 4 is 44.6 Å². The molecule has 3 aromatic rings. The number of anilines is 2. The summed E-state index contributed by atoms with van der Waals surface area (Å²) in [6.07, 6.45) is 0. The molecule has 2 aliphatic heterocycles. The van der Waals surface area contributed by atoms with E-state index in [1.807, 2.05) is 0 Å². The molecule has 1 saturated heterocycles. The highest BCUT2D eigenvalue weighted by atomic mass is 35.5. The SMILES string of the molecule is O=C1CS(=O)(=O)[C@@]2(C(=O)N(Cc3cccc(Cl)c3)c3ccccc32)N1c1cccc(F)c1. The van der Waals surface area contributed by atoms with E-state index in [9.17, 15) is 22.4 Å². The first kappa shape index (κ1) is 20.7. The molecule has 6 nitrogen and oxygen atoms in total. The Kier molecular flexibility index (Phi) is 4.61. The van der Waals surface area contributed by atoms with Gasteiger partial charge in [-0.3, -0.25) is 14.5 Å². The third-order valence-corrected chi connectivity index (χ3v) is 8.06. The van der Waals surface area contributed by atoms with Crippen LogP contribution in [0.3, 0.4) is 0 Å². The fourth-order valence-electron chi connectivity index (χ4n) is 4.48. The number of nitrogens with zero attached hydrogens (tertiary/aromatic N) is 2. The van der Waals surface area contributed by atoms with E-state index in [0.29, 0.717) is 16.3 Å². The van der Waals surface area contributed by atoms with Gasteiger partial charge in [0.2, 0.25) is 5.91 Å². The van der Waals surface area contributed by atoms with E-state index in [4.69, 9.17) is 11.6 Å². The summed E-state index contributed by atoms with van der Waals surface area (Å²) in [6, 6.07) is 18.3. The first-order valence-corrected chi connectivity index (χ1v) is 11.8. The van der Waals surface area contributed by atoms with Gasteiger partial charge in [0.15, 0.2) is 9.84 Å². The van der Waals surface area contributed by atoms with Crippen LogP contribution in [-0.4, -0.2) is 26.0 Å². The molecule has 0 saturated carbocycles. The molecule has 2 aliphatic rings. The predicted octanol–water partition coefficient (Wildman–Crippen LogP) is 3.64. The zero-order valence-corrected chi connectivity index (χ0v) is 18.1. The molecule has 32 heavy (non-hydrogen) atoms. The number of para-hydroxylation sites is 1. The second-order valence-corrected chi connectivity index (χ2v) is 10.2. The minimum atomic E-state index is -4.30. The summed E-state index contributed by atoms with van der Waals surface area (Å²) in [6.45, 7) is 0.0544. The van der Waals surface area contributed by atoms with Crippen LogP contribution in [-0.2, 0) is 30.8 Å². The van der Waals surface area contributed by atoms with Crippen molar-refractivity contribution in [1.29, 1.82) is 0 Å². The van der Waals surface area contributed by atoms with Crippen molar-refractivity contribution in [3.05, 3.63) is 94.8 Å². The van der Waals surface area contributed by atoms with Gasteiger partial charge in [-0.25, -0.2) is 12.8 Å². The van der Waals surface area contributed by atoms with Crippen molar-refractivity contribution in [2.75, 3.05) is 15.6 Å². The highest BCUT2D eigenvalue weighted by Crippen LogP contribution is 2.52. The second-order valence-electron chi connectivity index (χ2n) is 7.65. The number of amides is 2. The molecule has 1 atom stereocenters. The molecule has 2 heterocycles. The van der Waals surface area contributed by atoms with Crippen molar-refractivity contribution in [3.63, 3.8) is 0 Å². The Hall–Kier alpha value is -3.23. The lowest BCUT2D eigenvalue weighted by molar-refractivity contribution is -0.123. The number of fused-ring (bicyclic) bond motifs is 2. The first-order valence-electron chi connectivity index (χ1n) is 9.72. The molecular formula is C23H16ClFN2O4S. The number of halogens is 2. The van der Waals surface area contributed by atoms with Crippen LogP contribution in [0.15, 0.2) is 72.8 Å². The summed E-state index contributed by atoms with van der Waals surface area (Å²) in [5.41, 5.74) is 1.24. The van der Waals surface area contributed by atoms with Crippen molar-refractivity contribution in [2.45, 2.75) is 11.4 Å². The van der Waals surface area contributed by atoms with Gasteiger partial charge in [-0.1, -0.05) is 48.0 Å². The van der Waals surface area contributed by atoms with Gasteiger partial charge in [0.1, 0.15) is 11.6 Å². The molecule has 1 spiro atoms. The molecule has 3 aromatic carbocycles. The number of hydrogen-bond acceptors (Lipinski definition) is 4. The maximum Gasteiger partial charge on any atom is 0.274 e. The van der Waals surface area contributed by atoms with Crippen LogP contribution in [0.4, 0.5) is 15.8 Å². The summed E-state index contributed by atoms with van der Waals surface area (Å²) in [5, 5.41) is 0.474. The van der Waals surface area contributed by atoms with Gasteiger partial charge in [0.25, 0.3) is 10.8 Å². The van der Waals surface area contributed by atoms with Gasteiger partial charge in [-0.15, -0.1) is 0 Å². The normalized spacial score (nSPS) is 21.4. The van der Waals surface area contributed by atoms with E-state index < -0.39 is 38.1 Å². The number of carbonyl (C=O) groups excluding carboxylic acids is 2. The Morgan fingerprint density at radius 2 is 1.72 bits per heavy atom. The monoisotopic (exact) mass is 470 g/mol. The van der Waals surface area contributed by atoms with Crippen LogP contribution < -0.4 is 9.80 Å². The Balaban J connectivity index is 1.74. The topological polar surface area (TPSA) is 74.8 Å². The van der Waals surface area contributed by atoms with E-state index in [1.165, 1.54) is 29.2 Å².